The Bertz CT molecular complexity index is 410. The van der Waals surface area contributed by atoms with Gasteiger partial charge >= 0.3 is 0 Å². The van der Waals surface area contributed by atoms with E-state index in [9.17, 15) is 0 Å². The van der Waals surface area contributed by atoms with Crippen molar-refractivity contribution in [3.63, 3.8) is 0 Å². The van der Waals surface area contributed by atoms with Crippen LogP contribution in [0.5, 0.6) is 0 Å². The van der Waals surface area contributed by atoms with Crippen LogP contribution < -0.4 is 5.32 Å². The van der Waals surface area contributed by atoms with Gasteiger partial charge < -0.3 is 10.1 Å². The Kier molecular flexibility index (Phi) is 3.67. The van der Waals surface area contributed by atoms with Gasteiger partial charge in [0.2, 0.25) is 0 Å². The molecule has 0 radical (unpaired) electrons. The number of nitrogens with one attached hydrogen (secondary N) is 1. The van der Waals surface area contributed by atoms with Crippen molar-refractivity contribution in [2.45, 2.75) is 51.2 Å². The summed E-state index contributed by atoms with van der Waals surface area (Å²) in [6.45, 7) is 4.24. The lowest BCUT2D eigenvalue weighted by Gasteiger charge is -2.16. The summed E-state index contributed by atoms with van der Waals surface area (Å²) in [4.78, 5) is 0. The van der Waals surface area contributed by atoms with E-state index in [1.807, 2.05) is 0 Å². The molecule has 2 heteroatoms. The lowest BCUT2D eigenvalue weighted by molar-refractivity contribution is 0.103. The van der Waals surface area contributed by atoms with Crippen molar-refractivity contribution in [3.05, 3.63) is 34.9 Å². The minimum Gasteiger partial charge on any atom is -0.378 e. The van der Waals surface area contributed by atoms with Crippen LogP contribution in [0.25, 0.3) is 0 Å². The molecule has 0 bridgehead atoms. The van der Waals surface area contributed by atoms with Gasteiger partial charge in [-0.1, -0.05) is 23.8 Å². The van der Waals surface area contributed by atoms with Crippen molar-refractivity contribution >= 4 is 0 Å². The lowest BCUT2D eigenvalue weighted by atomic mass is 10.0. The van der Waals surface area contributed by atoms with Crippen LogP contribution in [-0.4, -0.2) is 19.3 Å². The highest BCUT2D eigenvalue weighted by molar-refractivity contribution is 5.37. The minimum atomic E-state index is 0.510. The van der Waals surface area contributed by atoms with Gasteiger partial charge in [0.1, 0.15) is 0 Å². The van der Waals surface area contributed by atoms with Crippen molar-refractivity contribution in [3.8, 4) is 0 Å². The molecular weight excluding hydrogens is 222 g/mol. The summed E-state index contributed by atoms with van der Waals surface area (Å²) < 4.78 is 5.67. The van der Waals surface area contributed by atoms with Gasteiger partial charge in [-0.3, -0.25) is 0 Å². The summed E-state index contributed by atoms with van der Waals surface area (Å²) in [6, 6.07) is 7.45. The molecule has 1 aromatic rings. The maximum absolute atomic E-state index is 5.67. The second kappa shape index (κ2) is 5.41. The van der Waals surface area contributed by atoms with E-state index >= 15 is 0 Å². The minimum absolute atomic E-state index is 0.510. The van der Waals surface area contributed by atoms with E-state index < -0.39 is 0 Å². The summed E-state index contributed by atoms with van der Waals surface area (Å²) in [7, 11) is 0. The van der Waals surface area contributed by atoms with E-state index in [1.165, 1.54) is 42.4 Å². The van der Waals surface area contributed by atoms with Gasteiger partial charge in [0, 0.05) is 12.6 Å². The van der Waals surface area contributed by atoms with Crippen molar-refractivity contribution < 1.29 is 4.74 Å². The van der Waals surface area contributed by atoms with E-state index in [4.69, 9.17) is 4.74 Å². The predicted octanol–water partition coefficient (Wildman–Crippen LogP) is 3.14. The van der Waals surface area contributed by atoms with Gasteiger partial charge in [-0.05, 0) is 56.7 Å². The number of ether oxygens (including phenoxy) is 1. The average molecular weight is 245 g/mol. The van der Waals surface area contributed by atoms with E-state index in [-0.39, 0.29) is 0 Å². The van der Waals surface area contributed by atoms with Gasteiger partial charge in [0.15, 0.2) is 0 Å². The zero-order chi connectivity index (χ0) is 12.4. The molecule has 2 nitrogen and oxygen atoms in total. The number of hydrogen-bond donors (Lipinski definition) is 1. The van der Waals surface area contributed by atoms with E-state index in [2.05, 4.69) is 30.4 Å². The Morgan fingerprint density at radius 3 is 3.11 bits per heavy atom. The molecule has 0 aromatic heterocycles. The molecule has 2 unspecified atom stereocenters. The number of aryl methyl sites for hydroxylation is 2. The molecule has 2 aliphatic rings. The average Bonchev–Trinajstić information content (AvgIpc) is 2.99. The summed E-state index contributed by atoms with van der Waals surface area (Å²) in [5.41, 5.74) is 4.44. The Balaban J connectivity index is 1.54. The molecule has 1 aliphatic heterocycles. The van der Waals surface area contributed by atoms with Gasteiger partial charge in [0.05, 0.1) is 6.10 Å². The van der Waals surface area contributed by atoms with E-state index in [0.717, 1.165) is 19.6 Å². The Labute approximate surface area is 110 Å². The first-order valence-corrected chi connectivity index (χ1v) is 7.27. The van der Waals surface area contributed by atoms with Crippen molar-refractivity contribution in [1.82, 2.24) is 5.32 Å². The summed E-state index contributed by atoms with van der Waals surface area (Å²) in [5.74, 6) is 0. The van der Waals surface area contributed by atoms with Crippen molar-refractivity contribution in [2.75, 3.05) is 13.2 Å². The van der Waals surface area contributed by atoms with Crippen LogP contribution in [0.1, 0.15) is 48.4 Å². The molecule has 1 heterocycles. The fourth-order valence-electron chi connectivity index (χ4n) is 3.22. The van der Waals surface area contributed by atoms with Crippen LogP contribution in [-0.2, 0) is 11.2 Å². The largest absolute Gasteiger partial charge is 0.378 e. The van der Waals surface area contributed by atoms with Crippen LogP contribution in [0.15, 0.2) is 18.2 Å². The molecule has 3 rings (SSSR count). The third-order valence-corrected chi connectivity index (χ3v) is 4.26. The predicted molar refractivity (Wildman–Crippen MR) is 73.8 cm³/mol. The Morgan fingerprint density at radius 1 is 1.33 bits per heavy atom. The normalized spacial score (nSPS) is 26.5. The molecule has 18 heavy (non-hydrogen) atoms. The van der Waals surface area contributed by atoms with Crippen LogP contribution in [0.3, 0.4) is 0 Å². The third kappa shape index (κ3) is 2.60. The van der Waals surface area contributed by atoms with Crippen LogP contribution >= 0.6 is 0 Å². The van der Waals surface area contributed by atoms with Gasteiger partial charge in [-0.25, -0.2) is 0 Å². The lowest BCUT2D eigenvalue weighted by Crippen LogP contribution is -2.23. The molecule has 0 saturated carbocycles. The topological polar surface area (TPSA) is 21.3 Å². The quantitative estimate of drug-likeness (QED) is 0.880. The SMILES string of the molecule is Cc1ccc2c(c1)C(NCCC1CCCO1)CC2. The van der Waals surface area contributed by atoms with E-state index in [1.54, 1.807) is 0 Å². The highest BCUT2D eigenvalue weighted by Crippen LogP contribution is 2.31. The molecule has 98 valence electrons. The Morgan fingerprint density at radius 2 is 2.28 bits per heavy atom. The van der Waals surface area contributed by atoms with Crippen molar-refractivity contribution in [2.24, 2.45) is 0 Å². The molecule has 0 amide bonds. The monoisotopic (exact) mass is 245 g/mol. The van der Waals surface area contributed by atoms with Crippen LogP contribution in [0, 0.1) is 6.92 Å². The fraction of sp³-hybridized carbons (Fsp3) is 0.625. The first kappa shape index (κ1) is 12.2. The third-order valence-electron chi connectivity index (χ3n) is 4.26. The molecular formula is C16H23NO. The molecule has 2 atom stereocenters. The number of benzene rings is 1. The number of hydrogen-bond acceptors (Lipinski definition) is 2. The molecule has 1 fully saturated rings. The number of rotatable bonds is 4. The summed E-state index contributed by atoms with van der Waals surface area (Å²) in [6.07, 6.45) is 6.66. The van der Waals surface area contributed by atoms with Crippen LogP contribution in [0.4, 0.5) is 0 Å². The summed E-state index contributed by atoms with van der Waals surface area (Å²) in [5, 5.41) is 3.71. The first-order valence-electron chi connectivity index (χ1n) is 7.27. The zero-order valence-electron chi connectivity index (χ0n) is 11.2. The maximum atomic E-state index is 5.67. The van der Waals surface area contributed by atoms with E-state index in [0.29, 0.717) is 12.1 Å². The number of fused-ring (bicyclic) bond motifs is 1. The highest BCUT2D eigenvalue weighted by atomic mass is 16.5. The summed E-state index contributed by atoms with van der Waals surface area (Å²) >= 11 is 0. The fourth-order valence-corrected chi connectivity index (χ4v) is 3.22. The second-order valence-electron chi connectivity index (χ2n) is 5.67. The first-order chi connectivity index (χ1) is 8.83. The standard InChI is InChI=1S/C16H23NO/c1-12-4-5-13-6-7-16(15(13)11-12)17-9-8-14-3-2-10-18-14/h4-5,11,14,16-17H,2-3,6-10H2,1H3. The smallest absolute Gasteiger partial charge is 0.0588 e. The van der Waals surface area contributed by atoms with Gasteiger partial charge in [-0.2, -0.15) is 0 Å². The van der Waals surface area contributed by atoms with Gasteiger partial charge in [0.25, 0.3) is 0 Å². The molecule has 1 saturated heterocycles. The molecule has 1 aliphatic carbocycles. The van der Waals surface area contributed by atoms with Crippen molar-refractivity contribution in [1.29, 1.82) is 0 Å². The highest BCUT2D eigenvalue weighted by Gasteiger charge is 2.22. The Hall–Kier alpha value is -0.860. The van der Waals surface area contributed by atoms with Crippen LogP contribution in [0.2, 0.25) is 0 Å². The second-order valence-corrected chi connectivity index (χ2v) is 5.67. The molecule has 1 N–H and O–H groups in total. The molecule has 0 spiro atoms. The maximum Gasteiger partial charge on any atom is 0.0588 e. The van der Waals surface area contributed by atoms with Gasteiger partial charge in [-0.15, -0.1) is 0 Å². The molecule has 1 aromatic carbocycles. The zero-order valence-corrected chi connectivity index (χ0v) is 11.2.